The fourth-order valence-corrected chi connectivity index (χ4v) is 5.04. The number of hydrogen-bond acceptors (Lipinski definition) is 6. The Morgan fingerprint density at radius 2 is 1.97 bits per heavy atom. The van der Waals surface area contributed by atoms with Crippen molar-refractivity contribution in [3.63, 3.8) is 0 Å². The molecule has 31 heavy (non-hydrogen) atoms. The highest BCUT2D eigenvalue weighted by Gasteiger charge is 2.25. The number of carbonyl (C=O) groups is 1. The van der Waals surface area contributed by atoms with Crippen LogP contribution in [0.2, 0.25) is 0 Å². The van der Waals surface area contributed by atoms with Crippen molar-refractivity contribution >= 4 is 23.5 Å². The van der Waals surface area contributed by atoms with E-state index in [2.05, 4.69) is 26.6 Å². The summed E-state index contributed by atoms with van der Waals surface area (Å²) in [6.45, 7) is 5.95. The molecule has 1 atom stereocenters. The Kier molecular flexibility index (Phi) is 7.61. The van der Waals surface area contributed by atoms with E-state index in [0.29, 0.717) is 12.0 Å². The average Bonchev–Trinajstić information content (AvgIpc) is 3.43. The van der Waals surface area contributed by atoms with Crippen LogP contribution < -0.4 is 4.90 Å². The summed E-state index contributed by atoms with van der Waals surface area (Å²) in [5.41, 5.74) is 0.564. The number of hydrogen-bond donors (Lipinski definition) is 0. The van der Waals surface area contributed by atoms with Crippen LogP contribution in [0.5, 0.6) is 0 Å². The second-order valence-electron chi connectivity index (χ2n) is 8.58. The molecule has 3 heterocycles. The van der Waals surface area contributed by atoms with Crippen molar-refractivity contribution in [2.45, 2.75) is 63.3 Å². The molecule has 2 saturated heterocycles. The van der Waals surface area contributed by atoms with Gasteiger partial charge >= 0.3 is 0 Å². The van der Waals surface area contributed by atoms with E-state index in [1.807, 2.05) is 0 Å². The zero-order valence-corrected chi connectivity index (χ0v) is 19.0. The normalized spacial score (nSPS) is 19.8. The maximum atomic E-state index is 13.0. The van der Waals surface area contributed by atoms with Gasteiger partial charge in [0.2, 0.25) is 5.95 Å². The molecule has 0 bridgehead atoms. The quantitative estimate of drug-likeness (QED) is 0.319. The van der Waals surface area contributed by atoms with Gasteiger partial charge in [-0.2, -0.15) is 0 Å². The van der Waals surface area contributed by atoms with E-state index in [9.17, 15) is 9.18 Å². The number of carbonyl (C=O) groups excluding carboxylic acids is 1. The van der Waals surface area contributed by atoms with Crippen molar-refractivity contribution in [2.75, 3.05) is 30.3 Å². The van der Waals surface area contributed by atoms with Crippen LogP contribution in [-0.4, -0.2) is 52.1 Å². The standard InChI is InChI=1S/C23H31FN4O2S/c1-17-10-12-27(13-11-17)22-25-26-23(28(22)16-20-4-2-14-30-20)31-15-3-5-21(29)18-6-8-19(24)9-7-18/h6-9,17,20H,2-5,10-16H2,1H3. The summed E-state index contributed by atoms with van der Waals surface area (Å²) in [5.74, 6) is 2.22. The van der Waals surface area contributed by atoms with Gasteiger partial charge in [0.1, 0.15) is 5.82 Å². The number of thioether (sulfide) groups is 1. The number of halogens is 1. The van der Waals surface area contributed by atoms with Crippen LogP contribution in [0.25, 0.3) is 0 Å². The fraction of sp³-hybridized carbons (Fsp3) is 0.609. The van der Waals surface area contributed by atoms with Gasteiger partial charge < -0.3 is 9.64 Å². The average molecular weight is 447 g/mol. The molecule has 2 aromatic rings. The minimum Gasteiger partial charge on any atom is -0.376 e. The zero-order valence-electron chi connectivity index (χ0n) is 18.1. The second-order valence-corrected chi connectivity index (χ2v) is 9.64. The molecule has 2 fully saturated rings. The van der Waals surface area contributed by atoms with Crippen LogP contribution in [-0.2, 0) is 11.3 Å². The number of anilines is 1. The first kappa shape index (κ1) is 22.3. The molecule has 6 nitrogen and oxygen atoms in total. The van der Waals surface area contributed by atoms with Crippen LogP contribution in [0.4, 0.5) is 10.3 Å². The topological polar surface area (TPSA) is 60.2 Å². The molecule has 0 amide bonds. The van der Waals surface area contributed by atoms with Gasteiger partial charge in [0, 0.05) is 37.4 Å². The highest BCUT2D eigenvalue weighted by molar-refractivity contribution is 7.99. The molecule has 168 valence electrons. The van der Waals surface area contributed by atoms with Gasteiger partial charge in [-0.05, 0) is 62.3 Å². The van der Waals surface area contributed by atoms with Gasteiger partial charge in [-0.25, -0.2) is 4.39 Å². The molecule has 0 aliphatic carbocycles. The van der Waals surface area contributed by atoms with Crippen LogP contribution in [0.1, 0.15) is 55.8 Å². The molecule has 2 aliphatic rings. The molecule has 0 radical (unpaired) electrons. The summed E-state index contributed by atoms with van der Waals surface area (Å²) in [6.07, 6.45) is 5.95. The smallest absolute Gasteiger partial charge is 0.228 e. The highest BCUT2D eigenvalue weighted by atomic mass is 32.2. The number of aromatic nitrogens is 3. The molecule has 1 aromatic carbocycles. The molecule has 2 aliphatic heterocycles. The zero-order chi connectivity index (χ0) is 21.6. The number of ether oxygens (including phenoxy) is 1. The van der Waals surface area contributed by atoms with Crippen LogP contribution in [0, 0.1) is 11.7 Å². The van der Waals surface area contributed by atoms with Gasteiger partial charge in [0.15, 0.2) is 10.9 Å². The van der Waals surface area contributed by atoms with Crippen molar-refractivity contribution in [3.05, 3.63) is 35.6 Å². The molecule has 4 rings (SSSR count). The molecular formula is C23H31FN4O2S. The molecule has 0 N–H and O–H groups in total. The van der Waals surface area contributed by atoms with E-state index in [1.165, 1.54) is 25.0 Å². The molecule has 1 unspecified atom stereocenters. The number of piperidine rings is 1. The molecule has 8 heteroatoms. The maximum absolute atomic E-state index is 13.0. The second kappa shape index (κ2) is 10.6. The Morgan fingerprint density at radius 3 is 2.68 bits per heavy atom. The number of rotatable bonds is 9. The lowest BCUT2D eigenvalue weighted by Gasteiger charge is -2.31. The predicted molar refractivity (Wildman–Crippen MR) is 120 cm³/mol. The van der Waals surface area contributed by atoms with Crippen LogP contribution in [0.15, 0.2) is 29.4 Å². The van der Waals surface area contributed by atoms with Gasteiger partial charge in [-0.15, -0.1) is 10.2 Å². The Labute approximate surface area is 187 Å². The SMILES string of the molecule is CC1CCN(c2nnc(SCCCC(=O)c3ccc(F)cc3)n2CC2CCCO2)CC1. The number of nitrogens with zero attached hydrogens (tertiary/aromatic N) is 4. The summed E-state index contributed by atoms with van der Waals surface area (Å²) < 4.78 is 21.1. The van der Waals surface area contributed by atoms with Gasteiger partial charge in [0.25, 0.3) is 0 Å². The lowest BCUT2D eigenvalue weighted by molar-refractivity contribution is 0.0951. The van der Waals surface area contributed by atoms with Crippen molar-refractivity contribution in [1.82, 2.24) is 14.8 Å². The lowest BCUT2D eigenvalue weighted by Crippen LogP contribution is -2.35. The fourth-order valence-electron chi connectivity index (χ4n) is 4.16. The molecule has 1 aromatic heterocycles. The monoisotopic (exact) mass is 446 g/mol. The Bertz CT molecular complexity index is 859. The minimum absolute atomic E-state index is 0.0459. The van der Waals surface area contributed by atoms with Crippen molar-refractivity contribution in [2.24, 2.45) is 5.92 Å². The lowest BCUT2D eigenvalue weighted by atomic mass is 10.00. The van der Waals surface area contributed by atoms with Crippen molar-refractivity contribution < 1.29 is 13.9 Å². The largest absolute Gasteiger partial charge is 0.376 e. The summed E-state index contributed by atoms with van der Waals surface area (Å²) in [5, 5.41) is 9.93. The van der Waals surface area contributed by atoms with E-state index in [-0.39, 0.29) is 17.7 Å². The first-order valence-corrected chi connectivity index (χ1v) is 12.3. The number of ketones is 1. The third kappa shape index (κ3) is 5.86. The van der Waals surface area contributed by atoms with Crippen molar-refractivity contribution in [3.8, 4) is 0 Å². The minimum atomic E-state index is -0.323. The first-order valence-electron chi connectivity index (χ1n) is 11.3. The predicted octanol–water partition coefficient (Wildman–Crippen LogP) is 4.59. The van der Waals surface area contributed by atoms with Gasteiger partial charge in [-0.3, -0.25) is 9.36 Å². The van der Waals surface area contributed by atoms with E-state index in [4.69, 9.17) is 4.74 Å². The van der Waals surface area contributed by atoms with Crippen molar-refractivity contribution in [1.29, 1.82) is 0 Å². The Balaban J connectivity index is 1.36. The summed E-state index contributed by atoms with van der Waals surface area (Å²) in [4.78, 5) is 14.7. The van der Waals surface area contributed by atoms with Crippen LogP contribution >= 0.6 is 11.8 Å². The molecule has 0 spiro atoms. The van der Waals surface area contributed by atoms with Gasteiger partial charge in [-0.1, -0.05) is 18.7 Å². The molecule has 0 saturated carbocycles. The van der Waals surface area contributed by atoms with E-state index < -0.39 is 0 Å². The van der Waals surface area contributed by atoms with Crippen LogP contribution in [0.3, 0.4) is 0 Å². The number of benzene rings is 1. The number of Topliss-reactive ketones (excluding diaryl/α,β-unsaturated/α-hetero) is 1. The third-order valence-corrected chi connectivity index (χ3v) is 7.17. The Hall–Kier alpha value is -1.93. The van der Waals surface area contributed by atoms with E-state index in [0.717, 1.165) is 68.3 Å². The Morgan fingerprint density at radius 1 is 1.19 bits per heavy atom. The third-order valence-electron chi connectivity index (χ3n) is 6.12. The molecular weight excluding hydrogens is 415 g/mol. The van der Waals surface area contributed by atoms with E-state index >= 15 is 0 Å². The maximum Gasteiger partial charge on any atom is 0.228 e. The summed E-state index contributed by atoms with van der Waals surface area (Å²) in [6, 6.07) is 5.76. The summed E-state index contributed by atoms with van der Waals surface area (Å²) >= 11 is 1.65. The summed E-state index contributed by atoms with van der Waals surface area (Å²) in [7, 11) is 0. The highest BCUT2D eigenvalue weighted by Crippen LogP contribution is 2.28. The van der Waals surface area contributed by atoms with Gasteiger partial charge in [0.05, 0.1) is 12.6 Å². The van der Waals surface area contributed by atoms with E-state index in [1.54, 1.807) is 23.9 Å². The first-order chi connectivity index (χ1) is 15.1.